The van der Waals surface area contributed by atoms with Gasteiger partial charge in [0.25, 0.3) is 0 Å². The number of hydrogen-bond acceptors (Lipinski definition) is 4. The number of thiophene rings is 1. The molecule has 0 aromatic carbocycles. The van der Waals surface area contributed by atoms with Crippen LogP contribution in [-0.4, -0.2) is 18.6 Å². The largest absolute Gasteiger partial charge is 0.460 e. The third-order valence-corrected chi connectivity index (χ3v) is 2.69. The predicted octanol–water partition coefficient (Wildman–Crippen LogP) is 2.18. The molecule has 0 unspecified atom stereocenters. The number of carbonyl (C=O) groups is 1. The van der Waals surface area contributed by atoms with Crippen LogP contribution in [0.3, 0.4) is 0 Å². The van der Waals surface area contributed by atoms with Gasteiger partial charge in [-0.25, -0.2) is 0 Å². The lowest BCUT2D eigenvalue weighted by Gasteiger charge is -2.07. The van der Waals surface area contributed by atoms with E-state index in [2.05, 4.69) is 19.2 Å². The van der Waals surface area contributed by atoms with Crippen molar-refractivity contribution in [3.05, 3.63) is 22.4 Å². The smallest absolute Gasteiger partial charge is 0.307 e. The van der Waals surface area contributed by atoms with Gasteiger partial charge in [-0.1, -0.05) is 19.9 Å². The number of nitrogens with one attached hydrogen (secondary N) is 1. The first-order valence-corrected chi connectivity index (χ1v) is 5.98. The van der Waals surface area contributed by atoms with Gasteiger partial charge in [-0.05, 0) is 11.4 Å². The quantitative estimate of drug-likeness (QED) is 0.757. The van der Waals surface area contributed by atoms with Crippen LogP contribution in [0.5, 0.6) is 0 Å². The van der Waals surface area contributed by atoms with Gasteiger partial charge in [0.15, 0.2) is 0 Å². The molecule has 1 heterocycles. The maximum Gasteiger partial charge on any atom is 0.307 e. The summed E-state index contributed by atoms with van der Waals surface area (Å²) < 4.78 is 5.10. The molecule has 0 aliphatic carbocycles. The summed E-state index contributed by atoms with van der Waals surface area (Å²) in [5.41, 5.74) is 0. The zero-order valence-electron chi connectivity index (χ0n) is 9.16. The standard InChI is InChI=1S/C11H17NO2S/c1-9(2)12-6-5-11(13)14-8-10-4-3-7-15-10/h3-4,7,9,12H,5-6,8H2,1-2H3. The van der Waals surface area contributed by atoms with Gasteiger partial charge in [0, 0.05) is 17.5 Å². The molecule has 0 radical (unpaired) electrons. The second-order valence-corrected chi connectivity index (χ2v) is 4.63. The van der Waals surface area contributed by atoms with Crippen molar-refractivity contribution in [1.82, 2.24) is 5.32 Å². The van der Waals surface area contributed by atoms with Crippen molar-refractivity contribution in [2.75, 3.05) is 6.54 Å². The van der Waals surface area contributed by atoms with Crippen molar-refractivity contribution >= 4 is 17.3 Å². The highest BCUT2D eigenvalue weighted by atomic mass is 32.1. The molecular weight excluding hydrogens is 210 g/mol. The molecule has 3 nitrogen and oxygen atoms in total. The zero-order valence-corrected chi connectivity index (χ0v) is 9.97. The fourth-order valence-electron chi connectivity index (χ4n) is 1.08. The first-order chi connectivity index (χ1) is 7.18. The molecule has 0 bridgehead atoms. The average molecular weight is 227 g/mol. The Morgan fingerprint density at radius 1 is 1.60 bits per heavy atom. The summed E-state index contributed by atoms with van der Waals surface area (Å²) in [6, 6.07) is 4.33. The van der Waals surface area contributed by atoms with Gasteiger partial charge >= 0.3 is 5.97 Å². The summed E-state index contributed by atoms with van der Waals surface area (Å²) >= 11 is 1.60. The summed E-state index contributed by atoms with van der Waals surface area (Å²) in [5.74, 6) is -0.142. The first-order valence-electron chi connectivity index (χ1n) is 5.10. The topological polar surface area (TPSA) is 38.3 Å². The zero-order chi connectivity index (χ0) is 11.1. The van der Waals surface area contributed by atoms with E-state index in [4.69, 9.17) is 4.74 Å². The molecular formula is C11H17NO2S. The van der Waals surface area contributed by atoms with E-state index in [0.29, 0.717) is 25.6 Å². The van der Waals surface area contributed by atoms with Gasteiger partial charge < -0.3 is 10.1 Å². The second kappa shape index (κ2) is 6.58. The Hall–Kier alpha value is -0.870. The second-order valence-electron chi connectivity index (χ2n) is 3.60. The summed E-state index contributed by atoms with van der Waals surface area (Å²) in [5, 5.41) is 5.15. The summed E-state index contributed by atoms with van der Waals surface area (Å²) in [6.07, 6.45) is 0.434. The van der Waals surface area contributed by atoms with Crippen molar-refractivity contribution in [1.29, 1.82) is 0 Å². The monoisotopic (exact) mass is 227 g/mol. The van der Waals surface area contributed by atoms with Crippen LogP contribution in [-0.2, 0) is 16.1 Å². The van der Waals surface area contributed by atoms with Gasteiger partial charge in [-0.15, -0.1) is 11.3 Å². The highest BCUT2D eigenvalue weighted by Gasteiger charge is 2.03. The number of hydrogen-bond donors (Lipinski definition) is 1. The number of rotatable bonds is 6. The third kappa shape index (κ3) is 5.54. The Bertz CT molecular complexity index is 283. The normalized spacial score (nSPS) is 10.6. The molecule has 1 rings (SSSR count). The minimum absolute atomic E-state index is 0.142. The van der Waals surface area contributed by atoms with E-state index in [0.717, 1.165) is 4.88 Å². The van der Waals surface area contributed by atoms with Gasteiger partial charge in [0.1, 0.15) is 6.61 Å². The number of ether oxygens (including phenoxy) is 1. The summed E-state index contributed by atoms with van der Waals surface area (Å²) in [4.78, 5) is 12.3. The maximum atomic E-state index is 11.3. The van der Waals surface area contributed by atoms with Crippen LogP contribution in [0.1, 0.15) is 25.1 Å². The van der Waals surface area contributed by atoms with E-state index in [1.54, 1.807) is 11.3 Å². The minimum atomic E-state index is -0.142. The van der Waals surface area contributed by atoms with Crippen LogP contribution in [0.25, 0.3) is 0 Å². The van der Waals surface area contributed by atoms with Crippen LogP contribution < -0.4 is 5.32 Å². The Balaban J connectivity index is 2.09. The highest BCUT2D eigenvalue weighted by Crippen LogP contribution is 2.09. The molecule has 0 aliphatic rings. The molecule has 84 valence electrons. The molecule has 0 aliphatic heterocycles. The molecule has 1 aromatic rings. The molecule has 4 heteroatoms. The molecule has 0 saturated heterocycles. The van der Waals surface area contributed by atoms with Crippen LogP contribution >= 0.6 is 11.3 Å². The van der Waals surface area contributed by atoms with Crippen LogP contribution in [0.2, 0.25) is 0 Å². The fourth-order valence-corrected chi connectivity index (χ4v) is 1.70. The van der Waals surface area contributed by atoms with Crippen LogP contribution in [0, 0.1) is 0 Å². The minimum Gasteiger partial charge on any atom is -0.460 e. The molecule has 0 atom stereocenters. The van der Waals surface area contributed by atoms with E-state index >= 15 is 0 Å². The van der Waals surface area contributed by atoms with Gasteiger partial charge in [-0.3, -0.25) is 4.79 Å². The molecule has 0 fully saturated rings. The number of esters is 1. The van der Waals surface area contributed by atoms with Crippen molar-refractivity contribution in [3.63, 3.8) is 0 Å². The van der Waals surface area contributed by atoms with Crippen LogP contribution in [0.15, 0.2) is 17.5 Å². The van der Waals surface area contributed by atoms with E-state index < -0.39 is 0 Å². The van der Waals surface area contributed by atoms with Crippen molar-refractivity contribution in [2.24, 2.45) is 0 Å². The first kappa shape index (κ1) is 12.2. The number of carbonyl (C=O) groups excluding carboxylic acids is 1. The summed E-state index contributed by atoms with van der Waals surface area (Å²) in [6.45, 7) is 5.19. The lowest BCUT2D eigenvalue weighted by molar-refractivity contribution is -0.144. The van der Waals surface area contributed by atoms with E-state index in [1.165, 1.54) is 0 Å². The van der Waals surface area contributed by atoms with Crippen molar-refractivity contribution in [3.8, 4) is 0 Å². The highest BCUT2D eigenvalue weighted by molar-refractivity contribution is 7.09. The molecule has 1 N–H and O–H groups in total. The Morgan fingerprint density at radius 3 is 3.00 bits per heavy atom. The fraction of sp³-hybridized carbons (Fsp3) is 0.545. The Morgan fingerprint density at radius 2 is 2.40 bits per heavy atom. The van der Waals surface area contributed by atoms with Crippen LogP contribution in [0.4, 0.5) is 0 Å². The SMILES string of the molecule is CC(C)NCCC(=O)OCc1cccs1. The van der Waals surface area contributed by atoms with Crippen molar-refractivity contribution < 1.29 is 9.53 Å². The lowest BCUT2D eigenvalue weighted by atomic mass is 10.3. The van der Waals surface area contributed by atoms with Gasteiger partial charge in [0.05, 0.1) is 6.42 Å². The predicted molar refractivity (Wildman–Crippen MR) is 61.9 cm³/mol. The molecule has 0 spiro atoms. The maximum absolute atomic E-state index is 11.3. The average Bonchev–Trinajstić information content (AvgIpc) is 2.66. The Labute approximate surface area is 94.5 Å². The summed E-state index contributed by atoms with van der Waals surface area (Å²) in [7, 11) is 0. The van der Waals surface area contributed by atoms with Crippen molar-refractivity contribution in [2.45, 2.75) is 32.9 Å². The molecule has 15 heavy (non-hydrogen) atoms. The molecule has 1 aromatic heterocycles. The van der Waals surface area contributed by atoms with E-state index in [9.17, 15) is 4.79 Å². The van der Waals surface area contributed by atoms with Gasteiger partial charge in [-0.2, -0.15) is 0 Å². The molecule has 0 amide bonds. The van der Waals surface area contributed by atoms with E-state index in [1.807, 2.05) is 17.5 Å². The lowest BCUT2D eigenvalue weighted by Crippen LogP contribution is -2.25. The Kier molecular flexibility index (Phi) is 5.36. The van der Waals surface area contributed by atoms with Gasteiger partial charge in [0.2, 0.25) is 0 Å². The van der Waals surface area contributed by atoms with E-state index in [-0.39, 0.29) is 5.97 Å². The third-order valence-electron chi connectivity index (χ3n) is 1.84. The molecule has 0 saturated carbocycles.